The standard InChI is InChI=1S/C13H20N4OS/c14-11-10(12(18)15-9-5-1-2-6-9)19-13(16-11)17-7-3-4-8-17/h9H,1-8,14H2,(H,15,18). The second-order valence-corrected chi connectivity index (χ2v) is 6.34. The number of nitrogens with one attached hydrogen (secondary N) is 1. The molecule has 0 unspecified atom stereocenters. The summed E-state index contributed by atoms with van der Waals surface area (Å²) in [5, 5.41) is 3.97. The maximum Gasteiger partial charge on any atom is 0.265 e. The van der Waals surface area contributed by atoms with E-state index in [4.69, 9.17) is 5.73 Å². The van der Waals surface area contributed by atoms with Gasteiger partial charge in [0.05, 0.1) is 0 Å². The van der Waals surface area contributed by atoms with Crippen LogP contribution in [0.15, 0.2) is 0 Å². The zero-order valence-corrected chi connectivity index (χ0v) is 11.8. The smallest absolute Gasteiger partial charge is 0.265 e. The molecule has 6 heteroatoms. The van der Waals surface area contributed by atoms with E-state index < -0.39 is 0 Å². The van der Waals surface area contributed by atoms with Crippen molar-refractivity contribution in [1.29, 1.82) is 0 Å². The maximum atomic E-state index is 12.2. The predicted molar refractivity (Wildman–Crippen MR) is 77.7 cm³/mol. The number of amides is 1. The predicted octanol–water partition coefficient (Wildman–Crippen LogP) is 2.00. The number of thiazole rings is 1. The Morgan fingerprint density at radius 1 is 1.26 bits per heavy atom. The molecule has 5 nitrogen and oxygen atoms in total. The lowest BCUT2D eigenvalue weighted by Gasteiger charge is -2.12. The summed E-state index contributed by atoms with van der Waals surface area (Å²) in [5.41, 5.74) is 5.90. The van der Waals surface area contributed by atoms with Crippen molar-refractivity contribution in [3.63, 3.8) is 0 Å². The molecule has 2 heterocycles. The quantitative estimate of drug-likeness (QED) is 0.888. The third-order valence-corrected chi connectivity index (χ3v) is 5.05. The maximum absolute atomic E-state index is 12.2. The van der Waals surface area contributed by atoms with Crippen LogP contribution in [-0.2, 0) is 0 Å². The van der Waals surface area contributed by atoms with Gasteiger partial charge in [-0.3, -0.25) is 4.79 Å². The molecule has 2 aliphatic rings. The van der Waals surface area contributed by atoms with Crippen molar-refractivity contribution in [2.45, 2.75) is 44.6 Å². The number of nitrogens with zero attached hydrogens (tertiary/aromatic N) is 2. The third-order valence-electron chi connectivity index (χ3n) is 3.92. The summed E-state index contributed by atoms with van der Waals surface area (Å²) in [6, 6.07) is 0.323. The molecule has 1 aromatic rings. The molecule has 0 aromatic carbocycles. The van der Waals surface area contributed by atoms with Crippen molar-refractivity contribution in [3.8, 4) is 0 Å². The van der Waals surface area contributed by atoms with Crippen LogP contribution >= 0.6 is 11.3 Å². The van der Waals surface area contributed by atoms with Gasteiger partial charge >= 0.3 is 0 Å². The average Bonchev–Trinajstić information content (AvgIpc) is 3.07. The molecule has 19 heavy (non-hydrogen) atoms. The molecule has 1 saturated heterocycles. The number of carbonyl (C=O) groups is 1. The van der Waals surface area contributed by atoms with Gasteiger partial charge in [0, 0.05) is 19.1 Å². The minimum atomic E-state index is -0.0488. The molecule has 0 radical (unpaired) electrons. The van der Waals surface area contributed by atoms with E-state index in [-0.39, 0.29) is 5.91 Å². The van der Waals surface area contributed by atoms with Gasteiger partial charge in [0.15, 0.2) is 5.13 Å². The fraction of sp³-hybridized carbons (Fsp3) is 0.692. The SMILES string of the molecule is Nc1nc(N2CCCC2)sc1C(=O)NC1CCCC1. The Bertz CT molecular complexity index is 461. The van der Waals surface area contributed by atoms with Crippen LogP contribution in [0.4, 0.5) is 10.9 Å². The first kappa shape index (κ1) is 12.7. The summed E-state index contributed by atoms with van der Waals surface area (Å²) < 4.78 is 0. The van der Waals surface area contributed by atoms with Crippen LogP contribution in [-0.4, -0.2) is 30.0 Å². The highest BCUT2D eigenvalue weighted by Gasteiger charge is 2.24. The lowest BCUT2D eigenvalue weighted by molar-refractivity contribution is 0.0942. The van der Waals surface area contributed by atoms with E-state index in [1.165, 1.54) is 37.0 Å². The van der Waals surface area contributed by atoms with Gasteiger partial charge in [-0.2, -0.15) is 0 Å². The summed E-state index contributed by atoms with van der Waals surface area (Å²) in [6.45, 7) is 2.05. The minimum absolute atomic E-state index is 0.0488. The second kappa shape index (κ2) is 5.36. The zero-order chi connectivity index (χ0) is 13.2. The van der Waals surface area contributed by atoms with Gasteiger partial charge in [-0.1, -0.05) is 24.2 Å². The van der Waals surface area contributed by atoms with Crippen LogP contribution in [0.2, 0.25) is 0 Å². The lowest BCUT2D eigenvalue weighted by Crippen LogP contribution is -2.32. The number of anilines is 2. The number of hydrogen-bond donors (Lipinski definition) is 2. The van der Waals surface area contributed by atoms with E-state index in [9.17, 15) is 4.79 Å². The molecule has 1 aromatic heterocycles. The van der Waals surface area contributed by atoms with Gasteiger partial charge in [-0.05, 0) is 25.7 Å². The van der Waals surface area contributed by atoms with Crippen molar-refractivity contribution in [3.05, 3.63) is 4.88 Å². The van der Waals surface area contributed by atoms with Crippen LogP contribution in [0.25, 0.3) is 0 Å². The monoisotopic (exact) mass is 280 g/mol. The number of nitrogen functional groups attached to an aromatic ring is 1. The van der Waals surface area contributed by atoms with Crippen molar-refractivity contribution < 1.29 is 4.79 Å². The van der Waals surface area contributed by atoms with Gasteiger partial charge in [-0.15, -0.1) is 0 Å². The molecule has 0 bridgehead atoms. The molecule has 0 atom stereocenters. The van der Waals surface area contributed by atoms with Crippen LogP contribution in [0, 0.1) is 0 Å². The molecule has 3 rings (SSSR count). The molecular formula is C13H20N4OS. The van der Waals surface area contributed by atoms with Crippen LogP contribution < -0.4 is 16.0 Å². The molecule has 1 aliphatic heterocycles. The number of nitrogens with two attached hydrogens (primary N) is 1. The van der Waals surface area contributed by atoms with E-state index in [2.05, 4.69) is 15.2 Å². The Labute approximate surface area is 117 Å². The number of hydrogen-bond acceptors (Lipinski definition) is 5. The Morgan fingerprint density at radius 3 is 2.63 bits per heavy atom. The Balaban J connectivity index is 1.70. The van der Waals surface area contributed by atoms with Crippen molar-refractivity contribution in [1.82, 2.24) is 10.3 Å². The average molecular weight is 280 g/mol. The van der Waals surface area contributed by atoms with Gasteiger partial charge < -0.3 is 16.0 Å². The first-order valence-corrected chi connectivity index (χ1v) is 7.88. The van der Waals surface area contributed by atoms with Gasteiger partial charge in [0.1, 0.15) is 10.7 Å². The number of aromatic nitrogens is 1. The summed E-state index contributed by atoms with van der Waals surface area (Å²) >= 11 is 1.43. The van der Waals surface area contributed by atoms with Crippen molar-refractivity contribution in [2.24, 2.45) is 0 Å². The first-order chi connectivity index (χ1) is 9.24. The molecule has 1 saturated carbocycles. The van der Waals surface area contributed by atoms with Gasteiger partial charge in [0.25, 0.3) is 5.91 Å². The van der Waals surface area contributed by atoms with Crippen LogP contribution in [0.5, 0.6) is 0 Å². The van der Waals surface area contributed by atoms with E-state index in [1.807, 2.05) is 0 Å². The molecule has 1 amide bonds. The second-order valence-electron chi connectivity index (χ2n) is 5.36. The van der Waals surface area contributed by atoms with E-state index in [0.717, 1.165) is 31.1 Å². The van der Waals surface area contributed by atoms with Crippen LogP contribution in [0.3, 0.4) is 0 Å². The minimum Gasteiger partial charge on any atom is -0.382 e. The highest BCUT2D eigenvalue weighted by molar-refractivity contribution is 7.18. The zero-order valence-electron chi connectivity index (χ0n) is 11.0. The third kappa shape index (κ3) is 2.68. The fourth-order valence-electron chi connectivity index (χ4n) is 2.85. The van der Waals surface area contributed by atoms with E-state index in [0.29, 0.717) is 16.7 Å². The summed E-state index contributed by atoms with van der Waals surface area (Å²) in [4.78, 5) is 19.4. The normalized spacial score (nSPS) is 20.1. The molecule has 0 spiro atoms. The molecule has 104 valence electrons. The van der Waals surface area contributed by atoms with Gasteiger partial charge in [0.2, 0.25) is 0 Å². The fourth-order valence-corrected chi connectivity index (χ4v) is 3.79. The Morgan fingerprint density at radius 2 is 1.95 bits per heavy atom. The number of rotatable bonds is 3. The highest BCUT2D eigenvalue weighted by atomic mass is 32.1. The number of carbonyl (C=O) groups excluding carboxylic acids is 1. The Hall–Kier alpha value is -1.30. The molecule has 3 N–H and O–H groups in total. The van der Waals surface area contributed by atoms with E-state index in [1.54, 1.807) is 0 Å². The molecular weight excluding hydrogens is 260 g/mol. The highest BCUT2D eigenvalue weighted by Crippen LogP contribution is 2.30. The molecule has 2 fully saturated rings. The van der Waals surface area contributed by atoms with Crippen molar-refractivity contribution >= 4 is 28.2 Å². The van der Waals surface area contributed by atoms with Crippen LogP contribution in [0.1, 0.15) is 48.2 Å². The summed E-state index contributed by atoms with van der Waals surface area (Å²) in [5.74, 6) is 0.328. The van der Waals surface area contributed by atoms with Crippen molar-refractivity contribution in [2.75, 3.05) is 23.7 Å². The lowest BCUT2D eigenvalue weighted by atomic mass is 10.2. The summed E-state index contributed by atoms with van der Waals surface area (Å²) in [7, 11) is 0. The Kier molecular flexibility index (Phi) is 3.59. The van der Waals surface area contributed by atoms with Gasteiger partial charge in [-0.25, -0.2) is 4.98 Å². The topological polar surface area (TPSA) is 71.2 Å². The largest absolute Gasteiger partial charge is 0.382 e. The first-order valence-electron chi connectivity index (χ1n) is 7.06. The molecule has 1 aliphatic carbocycles. The van der Waals surface area contributed by atoms with E-state index >= 15 is 0 Å². The summed E-state index contributed by atoms with van der Waals surface area (Å²) in [6.07, 6.45) is 6.99.